The van der Waals surface area contributed by atoms with Crippen molar-refractivity contribution in [1.29, 1.82) is 0 Å². The molecule has 1 amide bonds. The van der Waals surface area contributed by atoms with Crippen LogP contribution in [-0.4, -0.2) is 30.5 Å². The molecule has 0 aliphatic carbocycles. The van der Waals surface area contributed by atoms with Gasteiger partial charge in [0, 0.05) is 31.2 Å². The summed E-state index contributed by atoms with van der Waals surface area (Å²) in [5.74, 6) is 0.621. The minimum absolute atomic E-state index is 0.0253. The fraction of sp³-hybridized carbons (Fsp3) is 0.571. The average molecular weight is 247 g/mol. The van der Waals surface area contributed by atoms with E-state index in [0.717, 1.165) is 24.5 Å². The third-order valence-corrected chi connectivity index (χ3v) is 3.32. The largest absolute Gasteiger partial charge is 0.314 e. The molecule has 2 rings (SSSR count). The summed E-state index contributed by atoms with van der Waals surface area (Å²) >= 11 is 0. The van der Waals surface area contributed by atoms with Crippen LogP contribution in [0.2, 0.25) is 0 Å². The minimum Gasteiger partial charge on any atom is -0.314 e. The number of anilines is 1. The summed E-state index contributed by atoms with van der Waals surface area (Å²) in [6, 6.07) is 4.01. The molecule has 0 bridgehead atoms. The van der Waals surface area contributed by atoms with Crippen molar-refractivity contribution in [2.75, 3.05) is 24.5 Å². The molecule has 1 aliphatic rings. The number of amides is 1. The highest BCUT2D eigenvalue weighted by atomic mass is 16.2. The third kappa shape index (κ3) is 2.70. The van der Waals surface area contributed by atoms with E-state index in [1.165, 1.54) is 0 Å². The Kier molecular flexibility index (Phi) is 3.97. The summed E-state index contributed by atoms with van der Waals surface area (Å²) in [6.07, 6.45) is 1.81. The van der Waals surface area contributed by atoms with Gasteiger partial charge in [-0.15, -0.1) is 0 Å². The summed E-state index contributed by atoms with van der Waals surface area (Å²) in [4.78, 5) is 18.5. The van der Waals surface area contributed by atoms with Gasteiger partial charge in [-0.05, 0) is 18.1 Å². The lowest BCUT2D eigenvalue weighted by molar-refractivity contribution is -0.121. The molecule has 1 unspecified atom stereocenters. The second kappa shape index (κ2) is 5.48. The van der Waals surface area contributed by atoms with Gasteiger partial charge >= 0.3 is 0 Å². The molecule has 98 valence electrons. The molecule has 1 aromatic rings. The van der Waals surface area contributed by atoms with E-state index in [1.54, 1.807) is 0 Å². The Balaban J connectivity index is 2.21. The summed E-state index contributed by atoms with van der Waals surface area (Å²) in [7, 11) is 0. The predicted octanol–water partition coefficient (Wildman–Crippen LogP) is 1.78. The van der Waals surface area contributed by atoms with E-state index in [1.807, 2.05) is 30.2 Å². The molecular weight excluding hydrogens is 226 g/mol. The number of nitrogens with zero attached hydrogens (tertiary/aromatic N) is 2. The Bertz CT molecular complexity index is 414. The van der Waals surface area contributed by atoms with Gasteiger partial charge in [0.05, 0.1) is 11.9 Å². The molecule has 4 heteroatoms. The van der Waals surface area contributed by atoms with Gasteiger partial charge in [-0.2, -0.15) is 0 Å². The monoisotopic (exact) mass is 247 g/mol. The summed E-state index contributed by atoms with van der Waals surface area (Å²) in [5, 5.41) is 3.27. The first kappa shape index (κ1) is 13.0. The van der Waals surface area contributed by atoms with Crippen LogP contribution in [0.4, 0.5) is 5.69 Å². The number of hydrogen-bond acceptors (Lipinski definition) is 3. The Morgan fingerprint density at radius 2 is 2.22 bits per heavy atom. The smallest absolute Gasteiger partial charge is 0.231 e. The van der Waals surface area contributed by atoms with Gasteiger partial charge in [-0.3, -0.25) is 9.78 Å². The Labute approximate surface area is 108 Å². The van der Waals surface area contributed by atoms with E-state index < -0.39 is 0 Å². The van der Waals surface area contributed by atoms with Crippen LogP contribution in [-0.2, 0) is 4.79 Å². The quantitative estimate of drug-likeness (QED) is 0.866. The second-order valence-corrected chi connectivity index (χ2v) is 5.19. The molecule has 1 saturated heterocycles. The van der Waals surface area contributed by atoms with Crippen LogP contribution in [0.5, 0.6) is 0 Å². The molecule has 2 heterocycles. The van der Waals surface area contributed by atoms with Crippen LogP contribution in [0.25, 0.3) is 0 Å². The maximum atomic E-state index is 12.2. The number of carbonyl (C=O) groups excluding carboxylic acids is 1. The topological polar surface area (TPSA) is 45.2 Å². The second-order valence-electron chi connectivity index (χ2n) is 5.19. The first-order chi connectivity index (χ1) is 8.59. The van der Waals surface area contributed by atoms with Crippen molar-refractivity contribution in [2.45, 2.75) is 26.7 Å². The predicted molar refractivity (Wildman–Crippen MR) is 72.7 cm³/mol. The third-order valence-electron chi connectivity index (χ3n) is 3.32. The Morgan fingerprint density at radius 3 is 2.83 bits per heavy atom. The van der Waals surface area contributed by atoms with Gasteiger partial charge in [0.2, 0.25) is 5.91 Å². The molecule has 1 aromatic heterocycles. The van der Waals surface area contributed by atoms with Crippen molar-refractivity contribution in [3.63, 3.8) is 0 Å². The molecule has 1 aliphatic heterocycles. The molecule has 0 spiro atoms. The number of pyridine rings is 1. The number of nitrogens with one attached hydrogen (secondary N) is 1. The van der Waals surface area contributed by atoms with E-state index in [9.17, 15) is 4.79 Å². The van der Waals surface area contributed by atoms with Crippen molar-refractivity contribution in [1.82, 2.24) is 10.3 Å². The van der Waals surface area contributed by atoms with Gasteiger partial charge in [-0.1, -0.05) is 20.8 Å². The van der Waals surface area contributed by atoms with Gasteiger partial charge in [0.15, 0.2) is 0 Å². The highest BCUT2D eigenvalue weighted by Gasteiger charge is 2.24. The lowest BCUT2D eigenvalue weighted by atomic mass is 10.1. The summed E-state index contributed by atoms with van der Waals surface area (Å²) in [5.41, 5.74) is 1.96. The zero-order valence-corrected chi connectivity index (χ0v) is 11.3. The van der Waals surface area contributed by atoms with Crippen LogP contribution in [0.15, 0.2) is 18.3 Å². The fourth-order valence-electron chi connectivity index (χ4n) is 2.13. The van der Waals surface area contributed by atoms with Crippen molar-refractivity contribution >= 4 is 11.6 Å². The van der Waals surface area contributed by atoms with Crippen LogP contribution in [0.3, 0.4) is 0 Å². The van der Waals surface area contributed by atoms with Crippen molar-refractivity contribution in [2.24, 2.45) is 5.92 Å². The van der Waals surface area contributed by atoms with Crippen LogP contribution in [0, 0.1) is 5.92 Å². The molecule has 4 nitrogen and oxygen atoms in total. The average Bonchev–Trinajstić information content (AvgIpc) is 2.53. The molecule has 0 radical (unpaired) electrons. The first-order valence-corrected chi connectivity index (χ1v) is 6.57. The van der Waals surface area contributed by atoms with Gasteiger partial charge in [0.25, 0.3) is 0 Å². The van der Waals surface area contributed by atoms with Crippen molar-refractivity contribution < 1.29 is 4.79 Å². The first-order valence-electron chi connectivity index (χ1n) is 6.57. The van der Waals surface area contributed by atoms with Gasteiger partial charge in [-0.25, -0.2) is 0 Å². The van der Waals surface area contributed by atoms with Gasteiger partial charge in [0.1, 0.15) is 0 Å². The fourth-order valence-corrected chi connectivity index (χ4v) is 2.13. The zero-order valence-electron chi connectivity index (χ0n) is 11.3. The number of carbonyl (C=O) groups is 1. The SMILES string of the molecule is CC1CNCCN(c2ccc(C(C)C)nc2)C1=O. The van der Waals surface area contributed by atoms with Crippen molar-refractivity contribution in [3.8, 4) is 0 Å². The normalized spacial score (nSPS) is 21.2. The Morgan fingerprint density at radius 1 is 1.44 bits per heavy atom. The van der Waals surface area contributed by atoms with Crippen LogP contribution >= 0.6 is 0 Å². The summed E-state index contributed by atoms with van der Waals surface area (Å²) < 4.78 is 0. The highest BCUT2D eigenvalue weighted by Crippen LogP contribution is 2.19. The number of aromatic nitrogens is 1. The lowest BCUT2D eigenvalue weighted by Gasteiger charge is -2.22. The molecule has 0 aromatic carbocycles. The van der Waals surface area contributed by atoms with E-state index >= 15 is 0 Å². The zero-order chi connectivity index (χ0) is 13.1. The minimum atomic E-state index is 0.0253. The number of rotatable bonds is 2. The van der Waals surface area contributed by atoms with Crippen LogP contribution in [0.1, 0.15) is 32.4 Å². The van der Waals surface area contributed by atoms with Gasteiger partial charge < -0.3 is 10.2 Å². The molecule has 1 atom stereocenters. The highest BCUT2D eigenvalue weighted by molar-refractivity contribution is 5.95. The van der Waals surface area contributed by atoms with Crippen molar-refractivity contribution in [3.05, 3.63) is 24.0 Å². The van der Waals surface area contributed by atoms with E-state index in [-0.39, 0.29) is 11.8 Å². The van der Waals surface area contributed by atoms with E-state index in [2.05, 4.69) is 24.1 Å². The Hall–Kier alpha value is -1.42. The molecule has 0 saturated carbocycles. The molecule has 1 N–H and O–H groups in total. The van der Waals surface area contributed by atoms with E-state index in [4.69, 9.17) is 0 Å². The lowest BCUT2D eigenvalue weighted by Crippen LogP contribution is -2.35. The molecule has 18 heavy (non-hydrogen) atoms. The number of hydrogen-bond donors (Lipinski definition) is 1. The standard InChI is InChI=1S/C14H21N3O/c1-10(2)13-5-4-12(9-16-13)17-7-6-15-8-11(3)14(17)18/h4-5,9-11,15H,6-8H2,1-3H3. The molecule has 1 fully saturated rings. The summed E-state index contributed by atoms with van der Waals surface area (Å²) in [6.45, 7) is 8.50. The maximum absolute atomic E-state index is 12.2. The van der Waals surface area contributed by atoms with Crippen LogP contribution < -0.4 is 10.2 Å². The maximum Gasteiger partial charge on any atom is 0.231 e. The van der Waals surface area contributed by atoms with E-state index in [0.29, 0.717) is 12.5 Å². The molecular formula is C14H21N3O.